The highest BCUT2D eigenvalue weighted by atomic mass is 16.2. The number of pyridine rings is 1. The van der Waals surface area contributed by atoms with E-state index >= 15 is 0 Å². The van der Waals surface area contributed by atoms with Gasteiger partial charge in [0, 0.05) is 30.6 Å². The van der Waals surface area contributed by atoms with Gasteiger partial charge in [-0.3, -0.25) is 14.5 Å². The van der Waals surface area contributed by atoms with Crippen LogP contribution in [-0.4, -0.2) is 10.5 Å². The Morgan fingerprint density at radius 2 is 1.72 bits per heavy atom. The molecule has 0 N–H and O–H groups in total. The number of nitrogens with zero attached hydrogens (tertiary/aromatic N) is 2. The Morgan fingerprint density at radius 3 is 2.28 bits per heavy atom. The Hall–Kier alpha value is -3.14. The van der Waals surface area contributed by atoms with E-state index in [1.807, 2.05) is 89.2 Å². The van der Waals surface area contributed by atoms with Gasteiger partial charge in [0.05, 0.1) is 11.2 Å². The van der Waals surface area contributed by atoms with Gasteiger partial charge in [-0.1, -0.05) is 50.3 Å². The van der Waals surface area contributed by atoms with Crippen molar-refractivity contribution in [3.63, 3.8) is 0 Å². The fourth-order valence-electron chi connectivity index (χ4n) is 3.52. The normalized spacial score (nSPS) is 11.0. The molecule has 0 saturated carbocycles. The first-order valence-corrected chi connectivity index (χ1v) is 10.1. The molecule has 0 aliphatic heterocycles. The lowest BCUT2D eigenvalue weighted by molar-refractivity contribution is -0.115. The van der Waals surface area contributed by atoms with Gasteiger partial charge in [-0.2, -0.15) is 0 Å². The van der Waals surface area contributed by atoms with E-state index in [1.165, 1.54) is 0 Å². The van der Waals surface area contributed by atoms with Crippen molar-refractivity contribution in [3.05, 3.63) is 82.2 Å². The van der Waals surface area contributed by atoms with Crippen LogP contribution in [0.4, 0.5) is 5.69 Å². The number of carbonyl (C=O) groups is 1. The predicted octanol–water partition coefficient (Wildman–Crippen LogP) is 5.77. The molecule has 0 spiro atoms. The van der Waals surface area contributed by atoms with Crippen molar-refractivity contribution in [1.82, 2.24) is 4.57 Å². The molecule has 0 atom stereocenters. The number of aromatic nitrogens is 1. The van der Waals surface area contributed by atoms with Crippen molar-refractivity contribution in [3.8, 4) is 0 Å². The average Bonchev–Trinajstić information content (AvgIpc) is 2.74. The number of fused-ring (bicyclic) bond motifs is 1. The first-order chi connectivity index (χ1) is 14.0. The minimum absolute atomic E-state index is 0.00268. The minimum atomic E-state index is -0.0623. The van der Waals surface area contributed by atoms with Crippen molar-refractivity contribution in [2.45, 2.75) is 48.1 Å². The number of amides is 1. The number of rotatable bonds is 4. The molecule has 0 aliphatic rings. The van der Waals surface area contributed by atoms with Crippen LogP contribution in [0.15, 0.2) is 65.5 Å². The van der Waals surface area contributed by atoms with Crippen LogP contribution in [0.1, 0.15) is 45.7 Å². The minimum Gasteiger partial charge on any atom is -0.309 e. The van der Waals surface area contributed by atoms with Gasteiger partial charge >= 0.3 is 0 Å². The summed E-state index contributed by atoms with van der Waals surface area (Å²) < 4.78 is 1.75. The maximum absolute atomic E-state index is 12.5. The first kappa shape index (κ1) is 22.2. The van der Waals surface area contributed by atoms with Crippen molar-refractivity contribution in [2.75, 3.05) is 4.90 Å². The van der Waals surface area contributed by atoms with Crippen LogP contribution in [0.5, 0.6) is 0 Å². The summed E-state index contributed by atoms with van der Waals surface area (Å²) in [6, 6.07) is 17.3. The van der Waals surface area contributed by atoms with Crippen molar-refractivity contribution in [1.29, 1.82) is 0 Å². The molecule has 0 saturated heterocycles. The molecule has 1 aromatic heterocycles. The van der Waals surface area contributed by atoms with E-state index in [-0.39, 0.29) is 11.5 Å². The highest BCUT2D eigenvalue weighted by Crippen LogP contribution is 2.30. The molecule has 0 fully saturated rings. The zero-order valence-corrected chi connectivity index (χ0v) is 18.2. The SMILES string of the molecule is C/C=C(/c1ccccc1)N(C(C)=O)c1ccc2c(c1)c(C)cc(=O)n2CC.CC. The summed E-state index contributed by atoms with van der Waals surface area (Å²) in [5.74, 6) is -0.0623. The average molecular weight is 391 g/mol. The van der Waals surface area contributed by atoms with E-state index in [9.17, 15) is 9.59 Å². The molecule has 0 radical (unpaired) electrons. The maximum atomic E-state index is 12.5. The summed E-state index contributed by atoms with van der Waals surface area (Å²) in [6.45, 7) is 12.0. The molecule has 0 unspecified atom stereocenters. The van der Waals surface area contributed by atoms with E-state index in [1.54, 1.807) is 22.5 Å². The van der Waals surface area contributed by atoms with Crippen LogP contribution in [0.3, 0.4) is 0 Å². The summed E-state index contributed by atoms with van der Waals surface area (Å²) in [7, 11) is 0. The molecule has 0 aliphatic carbocycles. The molecule has 4 nitrogen and oxygen atoms in total. The van der Waals surface area contributed by atoms with Crippen LogP contribution in [-0.2, 0) is 11.3 Å². The zero-order chi connectivity index (χ0) is 21.6. The molecule has 1 amide bonds. The number of anilines is 1. The summed E-state index contributed by atoms with van der Waals surface area (Å²) in [4.78, 5) is 26.5. The second kappa shape index (κ2) is 9.87. The van der Waals surface area contributed by atoms with E-state index in [0.717, 1.165) is 33.4 Å². The number of aryl methyl sites for hydroxylation is 2. The Kier molecular flexibility index (Phi) is 7.54. The Labute approximate surface area is 173 Å². The van der Waals surface area contributed by atoms with Gasteiger partial charge in [-0.25, -0.2) is 0 Å². The van der Waals surface area contributed by atoms with E-state index < -0.39 is 0 Å². The fourth-order valence-corrected chi connectivity index (χ4v) is 3.52. The van der Waals surface area contributed by atoms with Gasteiger partial charge in [0.25, 0.3) is 5.56 Å². The maximum Gasteiger partial charge on any atom is 0.251 e. The summed E-state index contributed by atoms with van der Waals surface area (Å²) in [5.41, 5.74) is 4.39. The number of allylic oxidation sites excluding steroid dienone is 1. The van der Waals surface area contributed by atoms with Crippen molar-refractivity contribution >= 4 is 28.2 Å². The van der Waals surface area contributed by atoms with Crippen LogP contribution in [0, 0.1) is 6.92 Å². The standard InChI is InChI=1S/C23H24N2O2.C2H6/c1-5-21(18-10-8-7-9-11-18)25(17(4)26)19-12-13-22-20(15-19)16(3)14-23(27)24(22)6-2;1-2/h5,7-15H,6H2,1-4H3;1-2H3/b21-5-;. The van der Waals surface area contributed by atoms with Crippen LogP contribution >= 0.6 is 0 Å². The first-order valence-electron chi connectivity index (χ1n) is 10.1. The summed E-state index contributed by atoms with van der Waals surface area (Å²) in [6.07, 6.45) is 1.95. The molecule has 3 rings (SSSR count). The van der Waals surface area contributed by atoms with Gasteiger partial charge in [0.15, 0.2) is 0 Å². The third kappa shape index (κ3) is 4.48. The van der Waals surface area contributed by atoms with Gasteiger partial charge in [-0.15, -0.1) is 0 Å². The van der Waals surface area contributed by atoms with Crippen LogP contribution in [0.2, 0.25) is 0 Å². The largest absolute Gasteiger partial charge is 0.309 e. The molecule has 4 heteroatoms. The summed E-state index contributed by atoms with van der Waals surface area (Å²) >= 11 is 0. The molecule has 152 valence electrons. The van der Waals surface area contributed by atoms with Gasteiger partial charge in [0.2, 0.25) is 5.91 Å². The van der Waals surface area contributed by atoms with E-state index in [4.69, 9.17) is 0 Å². The van der Waals surface area contributed by atoms with Crippen molar-refractivity contribution in [2.24, 2.45) is 0 Å². The van der Waals surface area contributed by atoms with Crippen LogP contribution in [0.25, 0.3) is 16.6 Å². The molecular weight excluding hydrogens is 360 g/mol. The quantitative estimate of drug-likeness (QED) is 0.567. The van der Waals surface area contributed by atoms with E-state index in [0.29, 0.717) is 6.54 Å². The topological polar surface area (TPSA) is 42.3 Å². The molecule has 0 bridgehead atoms. The predicted molar refractivity (Wildman–Crippen MR) is 123 cm³/mol. The third-order valence-electron chi connectivity index (χ3n) is 4.77. The second-order valence-corrected chi connectivity index (χ2v) is 6.51. The number of carbonyl (C=O) groups excluding carboxylic acids is 1. The molecule has 29 heavy (non-hydrogen) atoms. The Morgan fingerprint density at radius 1 is 1.07 bits per heavy atom. The third-order valence-corrected chi connectivity index (χ3v) is 4.77. The summed E-state index contributed by atoms with van der Waals surface area (Å²) in [5, 5.41) is 0.976. The lowest BCUT2D eigenvalue weighted by Crippen LogP contribution is -2.27. The lowest BCUT2D eigenvalue weighted by Gasteiger charge is -2.25. The number of benzene rings is 2. The van der Waals surface area contributed by atoms with Gasteiger partial charge in [0.1, 0.15) is 0 Å². The monoisotopic (exact) mass is 390 g/mol. The molecule has 1 heterocycles. The number of hydrogen-bond donors (Lipinski definition) is 0. The van der Waals surface area contributed by atoms with E-state index in [2.05, 4.69) is 0 Å². The zero-order valence-electron chi connectivity index (χ0n) is 18.2. The van der Waals surface area contributed by atoms with Gasteiger partial charge in [-0.05, 0) is 50.1 Å². The smallest absolute Gasteiger partial charge is 0.251 e. The Bertz CT molecular complexity index is 1080. The molecule has 2 aromatic carbocycles. The van der Waals surface area contributed by atoms with Crippen molar-refractivity contribution < 1.29 is 4.79 Å². The van der Waals surface area contributed by atoms with Gasteiger partial charge < -0.3 is 4.57 Å². The Balaban J connectivity index is 0.00000145. The highest BCUT2D eigenvalue weighted by molar-refractivity contribution is 6.06. The van der Waals surface area contributed by atoms with Crippen LogP contribution < -0.4 is 10.5 Å². The molecular formula is C25H30N2O2. The number of hydrogen-bond acceptors (Lipinski definition) is 2. The molecule has 3 aromatic rings. The fraction of sp³-hybridized carbons (Fsp3) is 0.280. The lowest BCUT2D eigenvalue weighted by atomic mass is 10.1. The highest BCUT2D eigenvalue weighted by Gasteiger charge is 2.19. The second-order valence-electron chi connectivity index (χ2n) is 6.51.